The molecule has 376 valence electrons. The molecule has 10 nitrogen and oxygen atoms in total. The van der Waals surface area contributed by atoms with Crippen molar-refractivity contribution in [3.05, 3.63) is 143 Å². The lowest BCUT2D eigenvalue weighted by Gasteiger charge is -2.23. The summed E-state index contributed by atoms with van der Waals surface area (Å²) in [6, 6.07) is 36.6. The molecule has 0 bridgehead atoms. The van der Waals surface area contributed by atoms with Crippen LogP contribution in [-0.2, 0) is 21.7 Å². The number of rotatable bonds is 12. The van der Waals surface area contributed by atoms with Crippen molar-refractivity contribution in [1.82, 2.24) is 0 Å². The molecular weight excluding hydrogens is 931 g/mol. The van der Waals surface area contributed by atoms with Crippen LogP contribution < -0.4 is 28.0 Å². The van der Waals surface area contributed by atoms with Crippen LogP contribution in [0, 0.1) is 0 Å². The fourth-order valence-electron chi connectivity index (χ4n) is 8.94. The minimum absolute atomic E-state index is 0.331. The Morgan fingerprint density at radius 3 is 0.817 bits per heavy atom. The highest BCUT2D eigenvalue weighted by Crippen LogP contribution is 2.49. The lowest BCUT2D eigenvalue weighted by molar-refractivity contribution is 0.163. The molecule has 12 heteroatoms. The van der Waals surface area contributed by atoms with Gasteiger partial charge in [0.25, 0.3) is 0 Å². The monoisotopic (exact) mass is 1000 g/mol. The van der Waals surface area contributed by atoms with E-state index in [4.69, 9.17) is 44.8 Å². The van der Waals surface area contributed by atoms with Crippen molar-refractivity contribution in [2.45, 2.75) is 123 Å². The molecule has 71 heavy (non-hydrogen) atoms. The molecule has 0 saturated heterocycles. The third-order valence-electron chi connectivity index (χ3n) is 12.9. The molecule has 8 rings (SSSR count). The van der Waals surface area contributed by atoms with Crippen molar-refractivity contribution in [1.29, 1.82) is 0 Å². The largest absolute Gasteiger partial charge is 0.497 e. The average Bonchev–Trinajstić information content (AvgIpc) is 3.58. The summed E-state index contributed by atoms with van der Waals surface area (Å²) >= 11 is 0. The van der Waals surface area contributed by atoms with E-state index >= 15 is 0 Å². The zero-order valence-corrected chi connectivity index (χ0v) is 46.0. The van der Waals surface area contributed by atoms with Crippen LogP contribution in [-0.4, -0.2) is 28.4 Å². The van der Waals surface area contributed by atoms with Gasteiger partial charge in [0, 0.05) is 50.2 Å². The second-order valence-electron chi connectivity index (χ2n) is 22.3. The molecule has 0 unspecified atom stereocenters. The maximum Gasteiger partial charge on any atom is 0.388 e. The Hall–Kier alpha value is -5.76. The molecule has 2 atom stereocenters. The Morgan fingerprint density at radius 1 is 0.366 bits per heavy atom. The minimum Gasteiger partial charge on any atom is -0.497 e. The van der Waals surface area contributed by atoms with E-state index in [2.05, 4.69) is 107 Å². The van der Waals surface area contributed by atoms with E-state index in [0.717, 1.165) is 54.9 Å². The van der Waals surface area contributed by atoms with Crippen LogP contribution in [0.15, 0.2) is 126 Å². The van der Waals surface area contributed by atoms with Gasteiger partial charge in [0.1, 0.15) is 57.5 Å². The standard InChI is InChI=1S/C59H70O10P2/c1-56(2,3)46-31-38(60-13)27-42-43-28-39(61-14)32-47(57(4,5)6)53(43)67-70(66-52(42)46)64-50(36-23-19-17-20-24-36)35-51(37-25-21-18-22-26-37)65-71-68-54-44(29-40(62-15)33-48(54)58(7,8)9)45-30-41(63-16)34-49(55(45)69-71)59(10,11)12/h17-34,50-51H,35H2,1-16H3/t50-,51-/m0/s1. The van der Waals surface area contributed by atoms with Crippen LogP contribution >= 0.6 is 16.5 Å². The summed E-state index contributed by atoms with van der Waals surface area (Å²) in [5.41, 5.74) is 6.89. The van der Waals surface area contributed by atoms with Gasteiger partial charge in [-0.15, -0.1) is 0 Å². The van der Waals surface area contributed by atoms with Crippen molar-refractivity contribution in [2.24, 2.45) is 0 Å². The van der Waals surface area contributed by atoms with Crippen LogP contribution in [0.4, 0.5) is 0 Å². The molecule has 0 aliphatic heterocycles. The summed E-state index contributed by atoms with van der Waals surface area (Å²) in [4.78, 5) is 0. The second kappa shape index (κ2) is 20.0. The molecule has 2 aromatic heterocycles. The molecule has 6 aromatic carbocycles. The van der Waals surface area contributed by atoms with Crippen molar-refractivity contribution in [2.75, 3.05) is 28.4 Å². The van der Waals surface area contributed by atoms with Crippen molar-refractivity contribution >= 4 is 60.4 Å². The van der Waals surface area contributed by atoms with Gasteiger partial charge in [-0.1, -0.05) is 144 Å². The smallest absolute Gasteiger partial charge is 0.388 e. The Labute approximate surface area is 420 Å². The number of benzene rings is 6. The first-order valence-corrected chi connectivity index (χ1v) is 26.4. The number of hydrogen-bond donors (Lipinski definition) is 0. The lowest BCUT2D eigenvalue weighted by atomic mass is 9.84. The molecule has 0 N–H and O–H groups in total. The van der Waals surface area contributed by atoms with E-state index in [9.17, 15) is 0 Å². The summed E-state index contributed by atoms with van der Waals surface area (Å²) < 4.78 is 67.1. The van der Waals surface area contributed by atoms with E-state index in [1.165, 1.54) is 0 Å². The number of ether oxygens (including phenoxy) is 4. The van der Waals surface area contributed by atoms with Crippen LogP contribution in [0.25, 0.3) is 43.9 Å². The Kier molecular flexibility index (Phi) is 14.6. The fraction of sp³-hybridized carbons (Fsp3) is 0.390. The van der Waals surface area contributed by atoms with E-state index in [0.29, 0.717) is 51.8 Å². The first kappa shape index (κ1) is 51.6. The van der Waals surface area contributed by atoms with Crippen LogP contribution in [0.5, 0.6) is 23.0 Å². The van der Waals surface area contributed by atoms with E-state index in [-0.39, 0.29) is 21.7 Å². The third kappa shape index (κ3) is 11.0. The first-order valence-electron chi connectivity index (χ1n) is 24.2. The van der Waals surface area contributed by atoms with E-state index < -0.39 is 28.7 Å². The predicted molar refractivity (Wildman–Crippen MR) is 290 cm³/mol. The van der Waals surface area contributed by atoms with Crippen molar-refractivity contribution < 1.29 is 44.8 Å². The van der Waals surface area contributed by atoms with Gasteiger partial charge in [0.15, 0.2) is 0 Å². The molecule has 0 amide bonds. The number of hydrogen-bond acceptors (Lipinski definition) is 10. The van der Waals surface area contributed by atoms with Crippen molar-refractivity contribution in [3.63, 3.8) is 0 Å². The van der Waals surface area contributed by atoms with Gasteiger partial charge < -0.3 is 35.7 Å². The van der Waals surface area contributed by atoms with Gasteiger partial charge in [0.2, 0.25) is 0 Å². The van der Waals surface area contributed by atoms with Crippen LogP contribution in [0.3, 0.4) is 0 Å². The SMILES string of the molecule is COc1cc(C(C)(C)C)c2op(O[C@@H](C[C@H](Op3oc4c(C(C)(C)C)cc(OC)cc4c4cc(OC)cc(C(C)(C)C)c4o3)c3ccccc3)c3ccccc3)oc3c(C(C)(C)C)cc(OC)cc3c2c1. The average molecular weight is 1000 g/mol. The lowest BCUT2D eigenvalue weighted by Crippen LogP contribution is -2.15. The Bertz CT molecular complexity index is 2890. The summed E-state index contributed by atoms with van der Waals surface area (Å²) in [7, 11) is 2.46. The molecule has 2 heterocycles. The highest BCUT2D eigenvalue weighted by atomic mass is 31.1. The Morgan fingerprint density at radius 2 is 0.606 bits per heavy atom. The summed E-state index contributed by atoms with van der Waals surface area (Å²) in [6.07, 6.45) is -0.900. The molecule has 8 aromatic rings. The number of methoxy groups -OCH3 is 4. The Balaban J connectivity index is 1.39. The normalized spacial score (nSPS) is 13.4. The molecule has 0 saturated carbocycles. The summed E-state index contributed by atoms with van der Waals surface area (Å²) in [5, 5.41) is 3.31. The van der Waals surface area contributed by atoms with Gasteiger partial charge in [-0.2, -0.15) is 0 Å². The molecule has 0 aliphatic rings. The zero-order valence-electron chi connectivity index (χ0n) is 44.2. The van der Waals surface area contributed by atoms with Gasteiger partial charge in [-0.05, 0) is 81.3 Å². The molecule has 0 radical (unpaired) electrons. The molecule has 0 aliphatic carbocycles. The van der Waals surface area contributed by atoms with E-state index in [1.54, 1.807) is 28.4 Å². The summed E-state index contributed by atoms with van der Waals surface area (Å²) in [5.74, 6) is 2.83. The number of fused-ring (bicyclic) bond motifs is 6. The fourth-order valence-corrected chi connectivity index (χ4v) is 11.4. The second-order valence-corrected chi connectivity index (χ2v) is 24.3. The highest BCUT2D eigenvalue weighted by molar-refractivity contribution is 7.32. The maximum absolute atomic E-state index is 7.35. The topological polar surface area (TPSA) is 108 Å². The van der Waals surface area contributed by atoms with E-state index in [1.807, 2.05) is 84.9 Å². The predicted octanol–water partition coefficient (Wildman–Crippen LogP) is 17.5. The van der Waals surface area contributed by atoms with Crippen LogP contribution in [0.1, 0.15) is 135 Å². The van der Waals surface area contributed by atoms with Gasteiger partial charge in [-0.3, -0.25) is 9.05 Å². The summed E-state index contributed by atoms with van der Waals surface area (Å²) in [6.45, 7) is 26.0. The third-order valence-corrected chi connectivity index (χ3v) is 15.0. The van der Waals surface area contributed by atoms with Crippen molar-refractivity contribution in [3.8, 4) is 23.0 Å². The van der Waals surface area contributed by atoms with Gasteiger partial charge >= 0.3 is 16.5 Å². The maximum atomic E-state index is 7.35. The van der Waals surface area contributed by atoms with Crippen LogP contribution in [0.2, 0.25) is 0 Å². The molecular formula is C59H70O10P2. The molecule has 0 fully saturated rings. The minimum atomic E-state index is -2.14. The van der Waals surface area contributed by atoms with Gasteiger partial charge in [-0.25, -0.2) is 0 Å². The first-order chi connectivity index (χ1) is 33.5. The van der Waals surface area contributed by atoms with Gasteiger partial charge in [0.05, 0.1) is 28.4 Å². The highest BCUT2D eigenvalue weighted by Gasteiger charge is 2.31. The quantitative estimate of drug-likeness (QED) is 0.117. The molecule has 0 spiro atoms. The zero-order chi connectivity index (χ0) is 51.2.